The number of hydrogen-bond acceptors (Lipinski definition) is 4. The van der Waals surface area contributed by atoms with Crippen molar-refractivity contribution in [1.29, 1.82) is 0 Å². The number of benzene rings is 5. The van der Waals surface area contributed by atoms with E-state index >= 15 is 0 Å². The van der Waals surface area contributed by atoms with Crippen molar-refractivity contribution in [3.8, 4) is 22.8 Å². The van der Waals surface area contributed by atoms with E-state index in [0.717, 1.165) is 44.2 Å². The van der Waals surface area contributed by atoms with Crippen molar-refractivity contribution in [3.63, 3.8) is 0 Å². The van der Waals surface area contributed by atoms with Crippen molar-refractivity contribution >= 4 is 54.4 Å². The van der Waals surface area contributed by atoms with Gasteiger partial charge in [0, 0.05) is 16.3 Å². The quantitative estimate of drug-likeness (QED) is 0.236. The third-order valence-corrected chi connectivity index (χ3v) is 7.11. The standard InChI is InChI=1S/C33H19N3O/c1-3-9-24-20(7-1)13-14-22-17-23(15-16-25(22)24)28-18-21-8-2-4-10-26(21)32(35-28)33-34-19-30-31(36-33)27-11-5-6-12-29(27)37-30/h1-19H. The van der Waals surface area contributed by atoms with Gasteiger partial charge in [-0.25, -0.2) is 15.0 Å². The Labute approximate surface area is 211 Å². The number of fused-ring (bicyclic) bond motifs is 7. The molecular formula is C33H19N3O. The van der Waals surface area contributed by atoms with Gasteiger partial charge >= 0.3 is 0 Å². The van der Waals surface area contributed by atoms with E-state index in [1.807, 2.05) is 30.3 Å². The molecule has 0 radical (unpaired) electrons. The number of aromatic nitrogens is 3. The molecule has 0 aliphatic heterocycles. The van der Waals surface area contributed by atoms with Gasteiger partial charge in [-0.05, 0) is 51.2 Å². The number of hydrogen-bond donors (Lipinski definition) is 0. The third kappa shape index (κ3) is 3.13. The molecule has 4 heteroatoms. The number of nitrogens with zero attached hydrogens (tertiary/aromatic N) is 3. The lowest BCUT2D eigenvalue weighted by molar-refractivity contribution is 0.666. The molecular weight excluding hydrogens is 454 g/mol. The van der Waals surface area contributed by atoms with Crippen molar-refractivity contribution in [1.82, 2.24) is 15.0 Å². The van der Waals surface area contributed by atoms with Gasteiger partial charge in [0.25, 0.3) is 0 Å². The van der Waals surface area contributed by atoms with Crippen LogP contribution in [0.1, 0.15) is 0 Å². The molecule has 8 aromatic rings. The monoisotopic (exact) mass is 473 g/mol. The molecule has 0 fully saturated rings. The molecule has 0 amide bonds. The Morgan fingerprint density at radius 2 is 1.22 bits per heavy atom. The Kier molecular flexibility index (Phi) is 4.19. The summed E-state index contributed by atoms with van der Waals surface area (Å²) in [4.78, 5) is 14.7. The van der Waals surface area contributed by atoms with Gasteiger partial charge in [0.1, 0.15) is 16.8 Å². The topological polar surface area (TPSA) is 51.8 Å². The predicted octanol–water partition coefficient (Wildman–Crippen LogP) is 8.56. The first-order valence-corrected chi connectivity index (χ1v) is 12.3. The summed E-state index contributed by atoms with van der Waals surface area (Å²) in [5.41, 5.74) is 4.99. The van der Waals surface area contributed by atoms with Crippen LogP contribution in [0.5, 0.6) is 0 Å². The Morgan fingerprint density at radius 3 is 2.14 bits per heavy atom. The van der Waals surface area contributed by atoms with E-state index in [4.69, 9.17) is 14.4 Å². The first-order chi connectivity index (χ1) is 18.3. The van der Waals surface area contributed by atoms with E-state index < -0.39 is 0 Å². The van der Waals surface area contributed by atoms with Crippen LogP contribution in [0.4, 0.5) is 0 Å². The highest BCUT2D eigenvalue weighted by Gasteiger charge is 2.16. The second kappa shape index (κ2) is 7.70. The molecule has 5 aromatic carbocycles. The first kappa shape index (κ1) is 20.1. The van der Waals surface area contributed by atoms with Gasteiger partial charge in [-0.3, -0.25) is 0 Å². The second-order valence-electron chi connectivity index (χ2n) is 9.30. The minimum absolute atomic E-state index is 0.587. The van der Waals surface area contributed by atoms with Crippen LogP contribution in [0, 0.1) is 0 Å². The summed E-state index contributed by atoms with van der Waals surface area (Å²) >= 11 is 0. The molecule has 0 spiro atoms. The van der Waals surface area contributed by atoms with Crippen LogP contribution < -0.4 is 0 Å². The van der Waals surface area contributed by atoms with Crippen LogP contribution in [0.3, 0.4) is 0 Å². The van der Waals surface area contributed by atoms with Crippen LogP contribution >= 0.6 is 0 Å². The van der Waals surface area contributed by atoms with E-state index in [0.29, 0.717) is 11.4 Å². The molecule has 0 atom stereocenters. The lowest BCUT2D eigenvalue weighted by atomic mass is 9.98. The Bertz CT molecular complexity index is 2160. The van der Waals surface area contributed by atoms with Crippen molar-refractivity contribution in [2.75, 3.05) is 0 Å². The number of pyridine rings is 1. The summed E-state index contributed by atoms with van der Waals surface area (Å²) in [5.74, 6) is 0.587. The molecule has 0 aliphatic carbocycles. The summed E-state index contributed by atoms with van der Waals surface area (Å²) in [6, 6.07) is 37.8. The summed E-state index contributed by atoms with van der Waals surface area (Å²) in [7, 11) is 0. The maximum atomic E-state index is 5.95. The minimum Gasteiger partial charge on any atom is -0.453 e. The zero-order chi connectivity index (χ0) is 24.3. The maximum absolute atomic E-state index is 5.95. The average molecular weight is 474 g/mol. The average Bonchev–Trinajstić information content (AvgIpc) is 3.34. The molecule has 0 saturated heterocycles. The van der Waals surface area contributed by atoms with Gasteiger partial charge < -0.3 is 4.42 Å². The normalized spacial score (nSPS) is 11.8. The van der Waals surface area contributed by atoms with E-state index in [9.17, 15) is 0 Å². The molecule has 37 heavy (non-hydrogen) atoms. The van der Waals surface area contributed by atoms with Crippen LogP contribution in [-0.2, 0) is 0 Å². The molecule has 8 rings (SSSR count). The smallest absolute Gasteiger partial charge is 0.179 e. The largest absolute Gasteiger partial charge is 0.453 e. The molecule has 0 saturated carbocycles. The summed E-state index contributed by atoms with van der Waals surface area (Å²) in [5, 5.41) is 8.02. The highest BCUT2D eigenvalue weighted by atomic mass is 16.3. The zero-order valence-electron chi connectivity index (χ0n) is 19.7. The lowest BCUT2D eigenvalue weighted by Gasteiger charge is -2.11. The van der Waals surface area contributed by atoms with Crippen molar-refractivity contribution in [3.05, 3.63) is 115 Å². The molecule has 0 unspecified atom stereocenters. The van der Waals surface area contributed by atoms with Crippen LogP contribution in [-0.4, -0.2) is 15.0 Å². The summed E-state index contributed by atoms with van der Waals surface area (Å²) in [6.45, 7) is 0. The summed E-state index contributed by atoms with van der Waals surface area (Å²) in [6.07, 6.45) is 1.75. The molecule has 0 bridgehead atoms. The van der Waals surface area contributed by atoms with Gasteiger partial charge in [-0.1, -0.05) is 84.9 Å². The van der Waals surface area contributed by atoms with Gasteiger partial charge in [-0.2, -0.15) is 0 Å². The van der Waals surface area contributed by atoms with E-state index in [2.05, 4.69) is 83.8 Å². The number of furan rings is 1. The second-order valence-corrected chi connectivity index (χ2v) is 9.30. The Hall–Kier alpha value is -5.09. The van der Waals surface area contributed by atoms with Crippen LogP contribution in [0.15, 0.2) is 120 Å². The minimum atomic E-state index is 0.587. The van der Waals surface area contributed by atoms with Gasteiger partial charge in [-0.15, -0.1) is 0 Å². The lowest BCUT2D eigenvalue weighted by Crippen LogP contribution is -1.95. The van der Waals surface area contributed by atoms with E-state index in [1.165, 1.54) is 21.5 Å². The molecule has 0 N–H and O–H groups in total. The SMILES string of the molecule is c1ccc2c(-c3ncc4oc5ccccc5c4n3)nc(-c3ccc4c(ccc5ccccc54)c3)cc2c1. The van der Waals surface area contributed by atoms with Gasteiger partial charge in [0.15, 0.2) is 11.4 Å². The molecule has 172 valence electrons. The van der Waals surface area contributed by atoms with E-state index in [1.54, 1.807) is 6.20 Å². The maximum Gasteiger partial charge on any atom is 0.179 e. The highest BCUT2D eigenvalue weighted by Crippen LogP contribution is 2.34. The molecule has 4 nitrogen and oxygen atoms in total. The Morgan fingerprint density at radius 1 is 0.514 bits per heavy atom. The highest BCUT2D eigenvalue weighted by molar-refractivity contribution is 6.08. The molecule has 3 aromatic heterocycles. The predicted molar refractivity (Wildman–Crippen MR) is 150 cm³/mol. The zero-order valence-corrected chi connectivity index (χ0v) is 19.7. The fraction of sp³-hybridized carbons (Fsp3) is 0. The van der Waals surface area contributed by atoms with Crippen molar-refractivity contribution in [2.45, 2.75) is 0 Å². The molecule has 0 aliphatic rings. The Balaban J connectivity index is 1.35. The fourth-order valence-corrected chi connectivity index (χ4v) is 5.31. The van der Waals surface area contributed by atoms with Gasteiger partial charge in [0.05, 0.1) is 11.9 Å². The van der Waals surface area contributed by atoms with Crippen LogP contribution in [0.25, 0.3) is 77.2 Å². The summed E-state index contributed by atoms with van der Waals surface area (Å²) < 4.78 is 5.95. The number of rotatable bonds is 2. The molecule has 3 heterocycles. The van der Waals surface area contributed by atoms with E-state index in [-0.39, 0.29) is 0 Å². The fourth-order valence-electron chi connectivity index (χ4n) is 5.31. The van der Waals surface area contributed by atoms with Gasteiger partial charge in [0.2, 0.25) is 0 Å². The first-order valence-electron chi connectivity index (χ1n) is 12.3. The van der Waals surface area contributed by atoms with Crippen molar-refractivity contribution in [2.24, 2.45) is 0 Å². The van der Waals surface area contributed by atoms with Crippen molar-refractivity contribution < 1.29 is 4.42 Å². The number of para-hydroxylation sites is 1. The third-order valence-electron chi connectivity index (χ3n) is 7.11. The van der Waals surface area contributed by atoms with Crippen LogP contribution in [0.2, 0.25) is 0 Å².